The Morgan fingerprint density at radius 2 is 1.92 bits per heavy atom. The zero-order valence-electron chi connectivity index (χ0n) is 6.14. The maximum absolute atomic E-state index is 11.1. The molecule has 0 radical (unpaired) electrons. The first-order valence-electron chi connectivity index (χ1n) is 3.44. The summed E-state index contributed by atoms with van der Waals surface area (Å²) < 4.78 is 0. The lowest BCUT2D eigenvalue weighted by Crippen LogP contribution is -2.11. The van der Waals surface area contributed by atoms with E-state index in [0.717, 1.165) is 5.56 Å². The molecule has 0 saturated carbocycles. The van der Waals surface area contributed by atoms with Crippen molar-refractivity contribution < 1.29 is 4.79 Å². The van der Waals surface area contributed by atoms with Gasteiger partial charge in [-0.25, -0.2) is 0 Å². The van der Waals surface area contributed by atoms with E-state index in [-0.39, 0.29) is 5.78 Å². The van der Waals surface area contributed by atoms with Gasteiger partial charge in [0.15, 0.2) is 0 Å². The van der Waals surface area contributed by atoms with Crippen LogP contribution < -0.4 is 0 Å². The fourth-order valence-corrected chi connectivity index (χ4v) is 0.959. The summed E-state index contributed by atoms with van der Waals surface area (Å²) in [5.74, 6) is -0.152. The van der Waals surface area contributed by atoms with E-state index < -0.39 is 0 Å². The normalized spacial score (nSPS) is 15.0. The molecule has 0 N–H and O–H groups in total. The van der Waals surface area contributed by atoms with Gasteiger partial charge in [0.1, 0.15) is 5.71 Å². The van der Waals surface area contributed by atoms with E-state index >= 15 is 0 Å². The second-order valence-corrected chi connectivity index (χ2v) is 2.29. The van der Waals surface area contributed by atoms with Crippen molar-refractivity contribution in [1.82, 2.24) is 4.98 Å². The highest BCUT2D eigenvalue weighted by Crippen LogP contribution is 2.03. The summed E-state index contributed by atoms with van der Waals surface area (Å²) in [5, 5.41) is 7.21. The predicted octanol–water partition coefficient (Wildman–Crippen LogP) is 0.439. The fraction of sp³-hybridized carbons (Fsp3) is 0. The zero-order valence-corrected chi connectivity index (χ0v) is 6.14. The minimum Gasteiger partial charge on any atom is -0.286 e. The largest absolute Gasteiger partial charge is 0.286 e. The number of hydrogen-bond acceptors (Lipinski definition) is 4. The Morgan fingerprint density at radius 1 is 1.17 bits per heavy atom. The molecule has 4 nitrogen and oxygen atoms in total. The topological polar surface area (TPSA) is 54.7 Å². The first-order valence-corrected chi connectivity index (χ1v) is 3.44. The summed E-state index contributed by atoms with van der Waals surface area (Å²) in [6.45, 7) is 0. The van der Waals surface area contributed by atoms with Crippen LogP contribution in [-0.4, -0.2) is 22.7 Å². The Morgan fingerprint density at radius 3 is 2.50 bits per heavy atom. The molecule has 0 spiro atoms. The van der Waals surface area contributed by atoms with Crippen LogP contribution in [0.3, 0.4) is 0 Å². The molecule has 2 rings (SSSR count). The first-order chi connectivity index (χ1) is 5.88. The van der Waals surface area contributed by atoms with Gasteiger partial charge in [-0.15, -0.1) is 5.10 Å². The summed E-state index contributed by atoms with van der Waals surface area (Å²) >= 11 is 0. The molecule has 0 atom stereocenters. The zero-order chi connectivity index (χ0) is 8.39. The van der Waals surface area contributed by atoms with Crippen molar-refractivity contribution in [3.8, 4) is 0 Å². The molecule has 1 aliphatic heterocycles. The summed E-state index contributed by atoms with van der Waals surface area (Å²) in [4.78, 5) is 14.9. The Kier molecular flexibility index (Phi) is 1.51. The minimum absolute atomic E-state index is 0.152. The highest BCUT2D eigenvalue weighted by Gasteiger charge is 2.15. The van der Waals surface area contributed by atoms with Crippen molar-refractivity contribution in [2.45, 2.75) is 0 Å². The molecule has 0 bridgehead atoms. The summed E-state index contributed by atoms with van der Waals surface area (Å²) in [6, 6.07) is 3.46. The molecule has 0 fully saturated rings. The number of nitrogens with zero attached hydrogens (tertiary/aromatic N) is 3. The number of pyridine rings is 1. The van der Waals surface area contributed by atoms with Gasteiger partial charge < -0.3 is 0 Å². The summed E-state index contributed by atoms with van der Waals surface area (Å²) in [5.41, 5.74) is 1.14. The monoisotopic (exact) mass is 159 g/mol. The Labute approximate surface area is 68.7 Å². The van der Waals surface area contributed by atoms with Crippen molar-refractivity contribution in [2.24, 2.45) is 10.2 Å². The van der Waals surface area contributed by atoms with E-state index in [0.29, 0.717) is 5.71 Å². The SMILES string of the molecule is O=C1C=NN=C1c1ccncc1. The number of Topliss-reactive ketones (excluding diaryl/α,β-unsaturated/α-hetero) is 1. The third-order valence-corrected chi connectivity index (χ3v) is 1.52. The van der Waals surface area contributed by atoms with Gasteiger partial charge >= 0.3 is 0 Å². The van der Waals surface area contributed by atoms with Crippen LogP contribution in [0.5, 0.6) is 0 Å². The van der Waals surface area contributed by atoms with Gasteiger partial charge in [0, 0.05) is 18.0 Å². The van der Waals surface area contributed by atoms with Gasteiger partial charge in [-0.3, -0.25) is 9.78 Å². The molecule has 0 amide bonds. The second kappa shape index (κ2) is 2.65. The average Bonchev–Trinajstić information content (AvgIpc) is 2.53. The highest BCUT2D eigenvalue weighted by atomic mass is 16.1. The molecule has 58 valence electrons. The Bertz CT molecular complexity index is 367. The number of aromatic nitrogens is 1. The molecule has 0 unspecified atom stereocenters. The molecule has 0 aromatic carbocycles. The van der Waals surface area contributed by atoms with Gasteiger partial charge in [-0.1, -0.05) is 0 Å². The maximum atomic E-state index is 11.1. The van der Waals surface area contributed by atoms with Crippen molar-refractivity contribution in [3.05, 3.63) is 30.1 Å². The van der Waals surface area contributed by atoms with Crippen molar-refractivity contribution >= 4 is 17.7 Å². The second-order valence-electron chi connectivity index (χ2n) is 2.29. The minimum atomic E-state index is -0.152. The lowest BCUT2D eigenvalue weighted by molar-refractivity contribution is -0.106. The maximum Gasteiger partial charge on any atom is 0.226 e. The third kappa shape index (κ3) is 1.03. The van der Waals surface area contributed by atoms with Gasteiger partial charge in [0.2, 0.25) is 5.78 Å². The van der Waals surface area contributed by atoms with E-state index in [1.54, 1.807) is 24.5 Å². The van der Waals surface area contributed by atoms with Crippen LogP contribution >= 0.6 is 0 Å². The van der Waals surface area contributed by atoms with E-state index in [1.165, 1.54) is 6.21 Å². The van der Waals surface area contributed by atoms with Gasteiger partial charge in [-0.05, 0) is 12.1 Å². The van der Waals surface area contributed by atoms with Crippen LogP contribution in [0, 0.1) is 0 Å². The lowest BCUT2D eigenvalue weighted by atomic mass is 10.1. The molecule has 0 saturated heterocycles. The van der Waals surface area contributed by atoms with E-state index in [2.05, 4.69) is 15.2 Å². The van der Waals surface area contributed by atoms with Crippen LogP contribution in [0.4, 0.5) is 0 Å². The molecule has 12 heavy (non-hydrogen) atoms. The summed E-state index contributed by atoms with van der Waals surface area (Å²) in [7, 11) is 0. The quantitative estimate of drug-likeness (QED) is 0.597. The van der Waals surface area contributed by atoms with Crippen LogP contribution in [0.2, 0.25) is 0 Å². The van der Waals surface area contributed by atoms with Gasteiger partial charge in [0.25, 0.3) is 0 Å². The third-order valence-electron chi connectivity index (χ3n) is 1.52. The number of hydrogen-bond donors (Lipinski definition) is 0. The van der Waals surface area contributed by atoms with E-state index in [9.17, 15) is 4.79 Å². The molecule has 0 aliphatic carbocycles. The molecule has 2 heterocycles. The molecule has 1 aromatic heterocycles. The predicted molar refractivity (Wildman–Crippen MR) is 44.3 cm³/mol. The fourth-order valence-electron chi connectivity index (χ4n) is 0.959. The van der Waals surface area contributed by atoms with Crippen LogP contribution in [-0.2, 0) is 4.79 Å². The number of carbonyl (C=O) groups excluding carboxylic acids is 1. The smallest absolute Gasteiger partial charge is 0.226 e. The van der Waals surface area contributed by atoms with Crippen LogP contribution in [0.15, 0.2) is 34.7 Å². The highest BCUT2D eigenvalue weighted by molar-refractivity contribution is 6.65. The molecular weight excluding hydrogens is 154 g/mol. The number of rotatable bonds is 1. The number of carbonyl (C=O) groups is 1. The van der Waals surface area contributed by atoms with Crippen molar-refractivity contribution in [2.75, 3.05) is 0 Å². The number of ketones is 1. The van der Waals surface area contributed by atoms with Crippen molar-refractivity contribution in [3.63, 3.8) is 0 Å². The molecule has 4 heteroatoms. The van der Waals surface area contributed by atoms with Gasteiger partial charge in [-0.2, -0.15) is 5.10 Å². The molecular formula is C8H5N3O. The van der Waals surface area contributed by atoms with Crippen LogP contribution in [0.25, 0.3) is 0 Å². The molecule has 1 aromatic rings. The van der Waals surface area contributed by atoms with E-state index in [4.69, 9.17) is 0 Å². The Balaban J connectivity index is 2.40. The van der Waals surface area contributed by atoms with E-state index in [1.807, 2.05) is 0 Å². The first kappa shape index (κ1) is 6.84. The molecule has 1 aliphatic rings. The average molecular weight is 159 g/mol. The standard InChI is InChI=1S/C8H5N3O/c12-7-5-10-11-8(7)6-1-3-9-4-2-6/h1-5H. The Hall–Kier alpha value is -1.84. The van der Waals surface area contributed by atoms with Gasteiger partial charge in [0.05, 0.1) is 6.21 Å². The lowest BCUT2D eigenvalue weighted by Gasteiger charge is -1.94. The summed E-state index contributed by atoms with van der Waals surface area (Å²) in [6.07, 6.45) is 4.43. The van der Waals surface area contributed by atoms with Crippen LogP contribution in [0.1, 0.15) is 5.56 Å². The van der Waals surface area contributed by atoms with Crippen molar-refractivity contribution in [1.29, 1.82) is 0 Å².